The van der Waals surface area contributed by atoms with Crippen molar-refractivity contribution in [2.24, 2.45) is 0 Å². The summed E-state index contributed by atoms with van der Waals surface area (Å²) in [5, 5.41) is 7.63. The number of rotatable bonds is 4. The highest BCUT2D eigenvalue weighted by molar-refractivity contribution is 6.33. The van der Waals surface area contributed by atoms with Gasteiger partial charge in [-0.25, -0.2) is 9.07 Å². The molecule has 0 saturated carbocycles. The first-order chi connectivity index (χ1) is 14.3. The van der Waals surface area contributed by atoms with Crippen LogP contribution < -0.4 is 4.74 Å². The van der Waals surface area contributed by atoms with E-state index in [0.717, 1.165) is 12.3 Å². The Morgan fingerprint density at radius 2 is 1.87 bits per heavy atom. The van der Waals surface area contributed by atoms with Gasteiger partial charge < -0.3 is 9.26 Å². The molecule has 0 spiro atoms. The molecule has 4 rings (SSSR count). The Hall–Kier alpha value is -3.33. The second-order valence-electron chi connectivity index (χ2n) is 6.16. The number of halogens is 5. The molecule has 154 valence electrons. The summed E-state index contributed by atoms with van der Waals surface area (Å²) in [5.41, 5.74) is -1.46. The van der Waals surface area contributed by atoms with E-state index in [9.17, 15) is 17.6 Å². The highest BCUT2D eigenvalue weighted by Crippen LogP contribution is 2.41. The van der Waals surface area contributed by atoms with Crippen molar-refractivity contribution < 1.29 is 26.8 Å². The maximum atomic E-state index is 14.1. The molecule has 2 heterocycles. The molecule has 4 aromatic rings. The number of ether oxygens (including phenoxy) is 1. The molecule has 0 radical (unpaired) electrons. The van der Waals surface area contributed by atoms with E-state index in [1.807, 2.05) is 0 Å². The molecule has 2 aromatic heterocycles. The number of benzene rings is 2. The van der Waals surface area contributed by atoms with Crippen LogP contribution >= 0.6 is 11.6 Å². The summed E-state index contributed by atoms with van der Waals surface area (Å²) in [6.45, 7) is 0. The lowest BCUT2D eigenvalue weighted by atomic mass is 10.1. The predicted molar refractivity (Wildman–Crippen MR) is 101 cm³/mol. The zero-order chi connectivity index (χ0) is 21.5. The van der Waals surface area contributed by atoms with Crippen molar-refractivity contribution in [3.05, 3.63) is 71.3 Å². The van der Waals surface area contributed by atoms with E-state index in [1.165, 1.54) is 37.4 Å². The summed E-state index contributed by atoms with van der Waals surface area (Å²) >= 11 is 6.01. The Balaban J connectivity index is 1.88. The van der Waals surface area contributed by atoms with Crippen molar-refractivity contribution in [1.82, 2.24) is 14.9 Å². The lowest BCUT2D eigenvalue weighted by molar-refractivity contribution is -0.142. The molecular weight excluding hydrogens is 426 g/mol. The Labute approximate surface area is 172 Å². The van der Waals surface area contributed by atoms with Crippen molar-refractivity contribution in [3.63, 3.8) is 0 Å². The number of nitrogens with zero attached hydrogens (tertiary/aromatic N) is 3. The van der Waals surface area contributed by atoms with Crippen LogP contribution in [-0.2, 0) is 6.18 Å². The van der Waals surface area contributed by atoms with E-state index in [2.05, 4.69) is 10.3 Å². The van der Waals surface area contributed by atoms with Gasteiger partial charge in [-0.05, 0) is 24.3 Å². The van der Waals surface area contributed by atoms with Gasteiger partial charge in [-0.15, -0.1) is 0 Å². The topological polar surface area (TPSA) is 53.1 Å². The molecule has 0 unspecified atom stereocenters. The molecule has 0 amide bonds. The number of hydrogen-bond donors (Lipinski definition) is 0. The van der Waals surface area contributed by atoms with Crippen LogP contribution in [-0.4, -0.2) is 22.0 Å². The molecule has 0 fully saturated rings. The maximum Gasteiger partial charge on any atom is 0.434 e. The Morgan fingerprint density at radius 3 is 2.57 bits per heavy atom. The molecule has 0 bridgehead atoms. The summed E-state index contributed by atoms with van der Waals surface area (Å²) in [6, 6.07) is 11.3. The fourth-order valence-corrected chi connectivity index (χ4v) is 3.31. The number of alkyl halides is 3. The number of hydrogen-bond acceptors (Lipinski definition) is 4. The molecular formula is C20H12ClF4N3O2. The van der Waals surface area contributed by atoms with Gasteiger partial charge >= 0.3 is 6.18 Å². The van der Waals surface area contributed by atoms with Crippen LogP contribution in [0, 0.1) is 5.82 Å². The summed E-state index contributed by atoms with van der Waals surface area (Å²) in [4.78, 5) is 0. The number of methoxy groups -OCH3 is 1. The Morgan fingerprint density at radius 1 is 1.10 bits per heavy atom. The third-order valence-electron chi connectivity index (χ3n) is 4.35. The van der Waals surface area contributed by atoms with Crippen molar-refractivity contribution in [2.45, 2.75) is 6.18 Å². The van der Waals surface area contributed by atoms with Crippen molar-refractivity contribution in [2.75, 3.05) is 7.11 Å². The van der Waals surface area contributed by atoms with Crippen LogP contribution in [0.5, 0.6) is 5.75 Å². The third-order valence-corrected chi connectivity index (χ3v) is 4.66. The van der Waals surface area contributed by atoms with E-state index >= 15 is 0 Å². The minimum absolute atomic E-state index is 0.0359. The van der Waals surface area contributed by atoms with Crippen molar-refractivity contribution in [3.8, 4) is 34.0 Å². The third kappa shape index (κ3) is 3.41. The zero-order valence-electron chi connectivity index (χ0n) is 15.2. The van der Waals surface area contributed by atoms with Gasteiger partial charge in [-0.1, -0.05) is 35.0 Å². The minimum atomic E-state index is -4.78. The Bertz CT molecular complexity index is 1200. The van der Waals surface area contributed by atoms with Crippen LogP contribution in [0.25, 0.3) is 28.3 Å². The van der Waals surface area contributed by atoms with E-state index < -0.39 is 17.7 Å². The summed E-state index contributed by atoms with van der Waals surface area (Å²) in [7, 11) is 1.34. The highest BCUT2D eigenvalue weighted by atomic mass is 35.5. The molecule has 0 aliphatic heterocycles. The number of para-hydroxylation sites is 2. The van der Waals surface area contributed by atoms with E-state index in [1.54, 1.807) is 12.1 Å². The first-order valence-corrected chi connectivity index (χ1v) is 8.89. The van der Waals surface area contributed by atoms with Gasteiger partial charge in [-0.3, -0.25) is 0 Å². The average molecular weight is 438 g/mol. The highest BCUT2D eigenvalue weighted by Gasteiger charge is 2.40. The molecule has 5 nitrogen and oxygen atoms in total. The predicted octanol–water partition coefficient (Wildman–Crippen LogP) is 6.01. The molecule has 0 atom stereocenters. The van der Waals surface area contributed by atoms with Crippen LogP contribution in [0.15, 0.2) is 59.3 Å². The first-order valence-electron chi connectivity index (χ1n) is 8.51. The normalized spacial score (nSPS) is 11.7. The molecule has 10 heteroatoms. The van der Waals surface area contributed by atoms with Gasteiger partial charge in [0.15, 0.2) is 11.5 Å². The monoisotopic (exact) mass is 437 g/mol. The SMILES string of the molecule is COc1ccccc1-n1ncc(-c2cc(-c3c(F)cccc3Cl)no2)c1C(F)(F)F. The van der Waals surface area contributed by atoms with Gasteiger partial charge in [0.05, 0.1) is 29.5 Å². The molecule has 2 aromatic carbocycles. The van der Waals surface area contributed by atoms with Gasteiger partial charge in [0, 0.05) is 6.07 Å². The van der Waals surface area contributed by atoms with Crippen LogP contribution in [0.3, 0.4) is 0 Å². The quantitative estimate of drug-likeness (QED) is 0.367. The standard InChI is InChI=1S/C20H12ClF4N3O2/c1-29-16-8-3-2-7-15(16)28-19(20(23,24)25)11(10-26-28)17-9-14(27-30-17)18-12(21)5-4-6-13(18)22/h2-10H,1H3. The molecule has 30 heavy (non-hydrogen) atoms. The summed E-state index contributed by atoms with van der Waals surface area (Å²) < 4.78 is 67.0. The van der Waals surface area contributed by atoms with Gasteiger partial charge in [-0.2, -0.15) is 18.3 Å². The van der Waals surface area contributed by atoms with Crippen LogP contribution in [0.1, 0.15) is 5.69 Å². The fraction of sp³-hybridized carbons (Fsp3) is 0.100. The number of aromatic nitrogens is 3. The summed E-state index contributed by atoms with van der Waals surface area (Å²) in [6.07, 6.45) is -3.78. The smallest absolute Gasteiger partial charge is 0.434 e. The first kappa shape index (κ1) is 20.0. The summed E-state index contributed by atoms with van der Waals surface area (Å²) in [5.74, 6) is -0.713. The van der Waals surface area contributed by atoms with E-state index in [4.69, 9.17) is 20.9 Å². The second-order valence-corrected chi connectivity index (χ2v) is 6.57. The molecule has 0 N–H and O–H groups in total. The molecule has 0 saturated heterocycles. The van der Waals surface area contributed by atoms with Crippen LogP contribution in [0.4, 0.5) is 17.6 Å². The van der Waals surface area contributed by atoms with E-state index in [0.29, 0.717) is 4.68 Å². The van der Waals surface area contributed by atoms with Gasteiger partial charge in [0.25, 0.3) is 0 Å². The lowest BCUT2D eigenvalue weighted by Gasteiger charge is -2.14. The van der Waals surface area contributed by atoms with Crippen molar-refractivity contribution >= 4 is 11.6 Å². The van der Waals surface area contributed by atoms with Crippen molar-refractivity contribution in [1.29, 1.82) is 0 Å². The van der Waals surface area contributed by atoms with E-state index in [-0.39, 0.29) is 39.0 Å². The van der Waals surface area contributed by atoms with Gasteiger partial charge in [0.1, 0.15) is 22.9 Å². The average Bonchev–Trinajstić information content (AvgIpc) is 3.34. The fourth-order valence-electron chi connectivity index (χ4n) is 3.05. The molecule has 0 aliphatic carbocycles. The largest absolute Gasteiger partial charge is 0.494 e. The zero-order valence-corrected chi connectivity index (χ0v) is 16.0. The van der Waals surface area contributed by atoms with Gasteiger partial charge in [0.2, 0.25) is 0 Å². The second kappa shape index (κ2) is 7.49. The van der Waals surface area contributed by atoms with Crippen LogP contribution in [0.2, 0.25) is 5.02 Å². The maximum absolute atomic E-state index is 14.1. The minimum Gasteiger partial charge on any atom is -0.494 e. The Kier molecular flexibility index (Phi) is 4.98. The molecule has 0 aliphatic rings. The lowest BCUT2D eigenvalue weighted by Crippen LogP contribution is -2.15.